The highest BCUT2D eigenvalue weighted by Crippen LogP contribution is 2.58. The first-order valence-electron chi connectivity index (χ1n) is 21.0. The lowest BCUT2D eigenvalue weighted by Gasteiger charge is -2.30. The third kappa shape index (κ3) is 4.72. The van der Waals surface area contributed by atoms with Gasteiger partial charge in [0.25, 0.3) is 0 Å². The van der Waals surface area contributed by atoms with E-state index in [9.17, 15) is 0 Å². The van der Waals surface area contributed by atoms with E-state index in [0.717, 1.165) is 5.69 Å². The molecule has 278 valence electrons. The molecule has 0 N–H and O–H groups in total. The molecule has 0 amide bonds. The summed E-state index contributed by atoms with van der Waals surface area (Å²) in [4.78, 5) is 2.43. The van der Waals surface area contributed by atoms with Crippen molar-refractivity contribution < 1.29 is 0 Å². The molecular weight excluding hydrogens is 701 g/mol. The van der Waals surface area contributed by atoms with Crippen molar-refractivity contribution in [2.45, 2.75) is 50.4 Å². The van der Waals surface area contributed by atoms with Crippen molar-refractivity contribution in [3.63, 3.8) is 0 Å². The minimum atomic E-state index is -0.0575. The minimum Gasteiger partial charge on any atom is -0.310 e. The maximum atomic E-state index is 2.50. The molecule has 3 aliphatic carbocycles. The van der Waals surface area contributed by atoms with Gasteiger partial charge in [-0.25, -0.2) is 0 Å². The largest absolute Gasteiger partial charge is 0.310 e. The van der Waals surface area contributed by atoms with Gasteiger partial charge in [0, 0.05) is 44.4 Å². The van der Waals surface area contributed by atoms with E-state index in [1.807, 2.05) is 0 Å². The first-order chi connectivity index (χ1) is 28.5. The van der Waals surface area contributed by atoms with Crippen molar-refractivity contribution in [1.29, 1.82) is 0 Å². The Labute approximate surface area is 340 Å². The molecule has 1 aromatic heterocycles. The van der Waals surface area contributed by atoms with E-state index in [-0.39, 0.29) is 10.8 Å². The highest BCUT2D eigenvalue weighted by Gasteiger charge is 2.45. The van der Waals surface area contributed by atoms with Crippen LogP contribution >= 0.6 is 0 Å². The fourth-order valence-electron chi connectivity index (χ4n) is 11.2. The second kappa shape index (κ2) is 12.4. The summed E-state index contributed by atoms with van der Waals surface area (Å²) >= 11 is 0. The molecule has 2 nitrogen and oxygen atoms in total. The lowest BCUT2D eigenvalue weighted by molar-refractivity contribution is 0.550. The highest BCUT2D eigenvalue weighted by atomic mass is 15.1. The lowest BCUT2D eigenvalue weighted by atomic mass is 9.76. The number of anilines is 3. The van der Waals surface area contributed by atoms with Crippen LogP contribution in [0.3, 0.4) is 0 Å². The maximum Gasteiger partial charge on any atom is 0.0544 e. The number of fused-ring (bicyclic) bond motifs is 11. The fraction of sp³-hybridized carbons (Fsp3) is 0.143. The molecule has 1 saturated carbocycles. The molecule has 9 aromatic rings. The summed E-state index contributed by atoms with van der Waals surface area (Å²) in [6, 6.07) is 68.2. The van der Waals surface area contributed by atoms with Crippen LogP contribution in [0.4, 0.5) is 17.1 Å². The van der Waals surface area contributed by atoms with Crippen molar-refractivity contribution in [1.82, 2.24) is 4.57 Å². The molecule has 0 unspecified atom stereocenters. The van der Waals surface area contributed by atoms with E-state index in [0.29, 0.717) is 0 Å². The smallest absolute Gasteiger partial charge is 0.0544 e. The Morgan fingerprint density at radius 1 is 0.414 bits per heavy atom. The normalized spacial score (nSPS) is 15.4. The van der Waals surface area contributed by atoms with Crippen LogP contribution in [-0.4, -0.2) is 4.57 Å². The summed E-state index contributed by atoms with van der Waals surface area (Å²) in [5.74, 6) is 0. The van der Waals surface area contributed by atoms with E-state index >= 15 is 0 Å². The van der Waals surface area contributed by atoms with Gasteiger partial charge in [-0.3, -0.25) is 0 Å². The maximum absolute atomic E-state index is 2.50. The average molecular weight is 745 g/mol. The number of para-hydroxylation sites is 2. The van der Waals surface area contributed by atoms with Crippen molar-refractivity contribution in [3.05, 3.63) is 204 Å². The second-order valence-electron chi connectivity index (χ2n) is 17.3. The molecule has 0 bridgehead atoms. The van der Waals surface area contributed by atoms with E-state index in [1.165, 1.54) is 120 Å². The van der Waals surface area contributed by atoms with E-state index in [1.54, 1.807) is 0 Å². The molecule has 0 aliphatic heterocycles. The molecule has 2 heteroatoms. The van der Waals surface area contributed by atoms with Gasteiger partial charge in [0.2, 0.25) is 0 Å². The van der Waals surface area contributed by atoms with Crippen LogP contribution in [0.2, 0.25) is 0 Å². The Morgan fingerprint density at radius 2 is 1.00 bits per heavy atom. The monoisotopic (exact) mass is 744 g/mol. The Balaban J connectivity index is 0.913. The number of benzene rings is 8. The number of aromatic nitrogens is 1. The van der Waals surface area contributed by atoms with E-state index in [2.05, 4.69) is 205 Å². The van der Waals surface area contributed by atoms with E-state index in [4.69, 9.17) is 0 Å². The Bertz CT molecular complexity index is 3070. The van der Waals surface area contributed by atoms with Gasteiger partial charge in [0.05, 0.1) is 11.0 Å². The van der Waals surface area contributed by atoms with E-state index < -0.39 is 0 Å². The fourth-order valence-corrected chi connectivity index (χ4v) is 11.2. The first-order valence-corrected chi connectivity index (χ1v) is 21.0. The summed E-state index contributed by atoms with van der Waals surface area (Å²) in [5, 5.41) is 2.59. The molecule has 58 heavy (non-hydrogen) atoms. The van der Waals surface area contributed by atoms with Crippen molar-refractivity contribution in [2.75, 3.05) is 4.90 Å². The van der Waals surface area contributed by atoms with Crippen LogP contribution in [0.15, 0.2) is 182 Å². The molecule has 1 fully saturated rings. The van der Waals surface area contributed by atoms with Gasteiger partial charge in [-0.2, -0.15) is 0 Å². The van der Waals surface area contributed by atoms with Gasteiger partial charge >= 0.3 is 0 Å². The molecule has 1 spiro atoms. The molecule has 3 aliphatic rings. The summed E-state index contributed by atoms with van der Waals surface area (Å²) in [6.07, 6.45) is 5.03. The standard InChI is InChI=1S/C56H44N2/c1-55(2)49-19-9-6-17-44(49)47-35-48-46-18-8-11-21-53(46)58(54(48)36-51(47)55)41-28-24-38(25-29-41)37-22-26-40(27-23-37)57(39-14-4-3-5-15-39)42-30-31-45-43-16-7-10-20-50(43)56(52(45)34-42)32-12-13-33-56/h3-11,14-31,34-36H,12-13,32-33H2,1-2H3. The average Bonchev–Trinajstić information content (AvgIpc) is 4.02. The highest BCUT2D eigenvalue weighted by molar-refractivity contribution is 6.11. The third-order valence-corrected chi connectivity index (χ3v) is 13.9. The zero-order valence-electron chi connectivity index (χ0n) is 33.0. The summed E-state index contributed by atoms with van der Waals surface area (Å²) in [6.45, 7) is 4.73. The van der Waals surface area contributed by atoms with Gasteiger partial charge in [-0.1, -0.05) is 142 Å². The molecule has 12 rings (SSSR count). The van der Waals surface area contributed by atoms with Gasteiger partial charge < -0.3 is 9.47 Å². The van der Waals surface area contributed by atoms with Crippen molar-refractivity contribution in [2.24, 2.45) is 0 Å². The third-order valence-electron chi connectivity index (χ3n) is 13.9. The quantitative estimate of drug-likeness (QED) is 0.170. The number of nitrogens with zero attached hydrogens (tertiary/aromatic N) is 2. The molecule has 8 aromatic carbocycles. The van der Waals surface area contributed by atoms with Crippen LogP contribution in [0.25, 0.3) is 60.9 Å². The summed E-state index contributed by atoms with van der Waals surface area (Å²) < 4.78 is 2.46. The van der Waals surface area contributed by atoms with Gasteiger partial charge in [-0.05, 0) is 135 Å². The Morgan fingerprint density at radius 3 is 1.76 bits per heavy atom. The van der Waals surface area contributed by atoms with Gasteiger partial charge in [0.15, 0.2) is 0 Å². The topological polar surface area (TPSA) is 8.17 Å². The molecule has 0 atom stereocenters. The SMILES string of the molecule is CC1(C)c2ccccc2-c2cc3c4ccccc4n(-c4ccc(-c5ccc(N(c6ccccc6)c6ccc7c(c6)C6(CCCC6)c6ccccc6-7)cc5)cc4)c3cc21. The van der Waals surface area contributed by atoms with Crippen molar-refractivity contribution in [3.8, 4) is 39.1 Å². The minimum absolute atomic E-state index is 0.0575. The molecular formula is C56H44N2. The van der Waals surface area contributed by atoms with Crippen LogP contribution in [0.5, 0.6) is 0 Å². The zero-order chi connectivity index (χ0) is 38.6. The Kier molecular flexibility index (Phi) is 7.18. The molecule has 0 saturated heterocycles. The summed E-state index contributed by atoms with van der Waals surface area (Å²) in [7, 11) is 0. The number of rotatable bonds is 5. The summed E-state index contributed by atoms with van der Waals surface area (Å²) in [5.41, 5.74) is 21.1. The van der Waals surface area contributed by atoms with Crippen molar-refractivity contribution >= 4 is 38.9 Å². The molecule has 0 radical (unpaired) electrons. The zero-order valence-corrected chi connectivity index (χ0v) is 33.0. The predicted octanol–water partition coefficient (Wildman–Crippen LogP) is 15.1. The lowest BCUT2D eigenvalue weighted by Crippen LogP contribution is -2.21. The first kappa shape index (κ1) is 33.5. The number of hydrogen-bond donors (Lipinski definition) is 0. The van der Waals surface area contributed by atoms with Gasteiger partial charge in [-0.15, -0.1) is 0 Å². The predicted molar refractivity (Wildman–Crippen MR) is 243 cm³/mol. The molecule has 1 heterocycles. The Hall–Kier alpha value is -6.64. The second-order valence-corrected chi connectivity index (χ2v) is 17.3. The van der Waals surface area contributed by atoms with Crippen LogP contribution < -0.4 is 4.90 Å². The van der Waals surface area contributed by atoms with Crippen LogP contribution in [-0.2, 0) is 10.8 Å². The number of hydrogen-bond acceptors (Lipinski definition) is 1. The van der Waals surface area contributed by atoms with Crippen LogP contribution in [0, 0.1) is 0 Å². The van der Waals surface area contributed by atoms with Gasteiger partial charge in [0.1, 0.15) is 0 Å². The van der Waals surface area contributed by atoms with Crippen LogP contribution in [0.1, 0.15) is 61.8 Å².